The van der Waals surface area contributed by atoms with Gasteiger partial charge in [-0.2, -0.15) is 0 Å². The Labute approximate surface area is 126 Å². The number of carboxylic acid groups (broad SMARTS) is 1. The topological polar surface area (TPSA) is 92.9 Å². The van der Waals surface area contributed by atoms with E-state index in [-0.39, 0.29) is 12.5 Å². The van der Waals surface area contributed by atoms with Crippen molar-refractivity contribution in [2.45, 2.75) is 12.5 Å². The maximum atomic E-state index is 12.7. The minimum absolute atomic E-state index is 0.279. The molecule has 0 spiro atoms. The first kappa shape index (κ1) is 14.1. The summed E-state index contributed by atoms with van der Waals surface area (Å²) in [4.78, 5) is 29.5. The summed E-state index contributed by atoms with van der Waals surface area (Å²) in [6.45, 7) is 0.279. The van der Waals surface area contributed by atoms with E-state index in [0.717, 1.165) is 0 Å². The van der Waals surface area contributed by atoms with E-state index < -0.39 is 12.0 Å². The zero-order chi connectivity index (χ0) is 15.7. The molecule has 7 heteroatoms. The maximum absolute atomic E-state index is 12.7. The summed E-state index contributed by atoms with van der Waals surface area (Å²) >= 11 is 0. The lowest BCUT2D eigenvalue weighted by Gasteiger charge is -2.32. The third-order valence-electron chi connectivity index (χ3n) is 3.65. The van der Waals surface area contributed by atoms with Gasteiger partial charge in [0.25, 0.3) is 5.91 Å². The zero-order valence-corrected chi connectivity index (χ0v) is 11.9. The summed E-state index contributed by atoms with van der Waals surface area (Å²) in [5, 5.41) is 9.50. The van der Waals surface area contributed by atoms with Crippen molar-refractivity contribution in [3.05, 3.63) is 47.5 Å². The number of amides is 1. The Morgan fingerprint density at radius 1 is 1.45 bits per heavy atom. The van der Waals surface area contributed by atoms with Crippen LogP contribution in [0.1, 0.15) is 27.7 Å². The third kappa shape index (κ3) is 2.30. The molecule has 0 bridgehead atoms. The molecular weight excluding hydrogens is 288 g/mol. The highest BCUT2D eigenvalue weighted by molar-refractivity contribution is 5.97. The van der Waals surface area contributed by atoms with E-state index in [2.05, 4.69) is 4.98 Å². The molecule has 0 aromatic carbocycles. The number of methoxy groups -OCH3 is 1. The molecule has 7 nitrogen and oxygen atoms in total. The zero-order valence-electron chi connectivity index (χ0n) is 11.9. The smallest absolute Gasteiger partial charge is 0.331 e. The Morgan fingerprint density at radius 3 is 3.00 bits per heavy atom. The molecule has 0 saturated carbocycles. The SMILES string of the molecule is COc1cc(C(=O)N2CCc3occc3C2C(=O)O)ccn1. The van der Waals surface area contributed by atoms with Crippen LogP contribution in [0.5, 0.6) is 5.88 Å². The Hall–Kier alpha value is -2.83. The molecule has 0 radical (unpaired) electrons. The number of hydrogen-bond donors (Lipinski definition) is 1. The van der Waals surface area contributed by atoms with Crippen molar-refractivity contribution in [3.63, 3.8) is 0 Å². The van der Waals surface area contributed by atoms with Crippen LogP contribution < -0.4 is 4.74 Å². The Kier molecular flexibility index (Phi) is 3.54. The largest absolute Gasteiger partial charge is 0.481 e. The highest BCUT2D eigenvalue weighted by Gasteiger charge is 2.37. The highest BCUT2D eigenvalue weighted by atomic mass is 16.5. The number of rotatable bonds is 3. The Morgan fingerprint density at radius 2 is 2.27 bits per heavy atom. The quantitative estimate of drug-likeness (QED) is 0.923. The van der Waals surface area contributed by atoms with Gasteiger partial charge in [-0.25, -0.2) is 9.78 Å². The summed E-state index contributed by atoms with van der Waals surface area (Å²) in [7, 11) is 1.45. The molecule has 3 heterocycles. The molecule has 0 fully saturated rings. The monoisotopic (exact) mass is 302 g/mol. The number of nitrogens with zero attached hydrogens (tertiary/aromatic N) is 2. The first-order valence-electron chi connectivity index (χ1n) is 6.72. The average molecular weight is 302 g/mol. The fourth-order valence-corrected chi connectivity index (χ4v) is 2.62. The number of fused-ring (bicyclic) bond motifs is 1. The number of carbonyl (C=O) groups is 2. The predicted octanol–water partition coefficient (Wildman–Crippen LogP) is 1.51. The van der Waals surface area contributed by atoms with E-state index in [0.29, 0.717) is 29.2 Å². The predicted molar refractivity (Wildman–Crippen MR) is 74.6 cm³/mol. The van der Waals surface area contributed by atoms with Crippen LogP contribution in [0.3, 0.4) is 0 Å². The van der Waals surface area contributed by atoms with Gasteiger partial charge in [-0.1, -0.05) is 0 Å². The minimum Gasteiger partial charge on any atom is -0.481 e. The molecule has 2 aromatic heterocycles. The number of furan rings is 1. The summed E-state index contributed by atoms with van der Waals surface area (Å²) in [5.74, 6) is -0.542. The Bertz CT molecular complexity index is 724. The lowest BCUT2D eigenvalue weighted by molar-refractivity contribution is -0.143. The van der Waals surface area contributed by atoms with Crippen molar-refractivity contribution in [2.24, 2.45) is 0 Å². The van der Waals surface area contributed by atoms with Gasteiger partial charge in [0.15, 0.2) is 6.04 Å². The summed E-state index contributed by atoms with van der Waals surface area (Å²) < 4.78 is 10.3. The number of pyridine rings is 1. The van der Waals surface area contributed by atoms with Gasteiger partial charge in [0, 0.05) is 36.4 Å². The van der Waals surface area contributed by atoms with Gasteiger partial charge in [-0.15, -0.1) is 0 Å². The van der Waals surface area contributed by atoms with Gasteiger partial charge in [0.1, 0.15) is 5.76 Å². The van der Waals surface area contributed by atoms with Crippen LogP contribution in [-0.4, -0.2) is 40.5 Å². The Balaban J connectivity index is 1.96. The van der Waals surface area contributed by atoms with Gasteiger partial charge >= 0.3 is 5.97 Å². The molecular formula is C15H14N2O5. The van der Waals surface area contributed by atoms with Crippen molar-refractivity contribution < 1.29 is 23.8 Å². The van der Waals surface area contributed by atoms with Crippen LogP contribution in [0.4, 0.5) is 0 Å². The van der Waals surface area contributed by atoms with Gasteiger partial charge in [0.2, 0.25) is 5.88 Å². The summed E-state index contributed by atoms with van der Waals surface area (Å²) in [6, 6.07) is 3.58. The fraction of sp³-hybridized carbons (Fsp3) is 0.267. The van der Waals surface area contributed by atoms with Crippen LogP contribution in [-0.2, 0) is 11.2 Å². The molecule has 1 amide bonds. The van der Waals surface area contributed by atoms with E-state index in [9.17, 15) is 14.7 Å². The molecule has 114 valence electrons. The van der Waals surface area contributed by atoms with Crippen LogP contribution in [0.2, 0.25) is 0 Å². The van der Waals surface area contributed by atoms with Crippen LogP contribution >= 0.6 is 0 Å². The normalized spacial score (nSPS) is 17.0. The second-order valence-corrected chi connectivity index (χ2v) is 4.88. The molecule has 1 atom stereocenters. The lowest BCUT2D eigenvalue weighted by Crippen LogP contribution is -2.43. The van der Waals surface area contributed by atoms with Gasteiger partial charge in [0.05, 0.1) is 13.4 Å². The van der Waals surface area contributed by atoms with Crippen molar-refractivity contribution in [1.82, 2.24) is 9.88 Å². The van der Waals surface area contributed by atoms with E-state index >= 15 is 0 Å². The molecule has 1 aliphatic heterocycles. The molecule has 0 saturated heterocycles. The molecule has 1 aliphatic rings. The minimum atomic E-state index is -1.09. The van der Waals surface area contributed by atoms with Crippen LogP contribution in [0.15, 0.2) is 35.1 Å². The number of carbonyl (C=O) groups excluding carboxylic acids is 1. The highest BCUT2D eigenvalue weighted by Crippen LogP contribution is 2.32. The molecule has 3 rings (SSSR count). The standard InChI is InChI=1S/C15H14N2O5/c1-21-12-8-9(2-5-16-12)14(18)17-6-3-11-10(4-7-22-11)13(17)15(19)20/h2,4-5,7-8,13H,3,6H2,1H3,(H,19,20). The number of aliphatic carboxylic acids is 1. The molecule has 0 aliphatic carbocycles. The summed E-state index contributed by atoms with van der Waals surface area (Å²) in [5.41, 5.74) is 0.859. The first-order valence-corrected chi connectivity index (χ1v) is 6.72. The van der Waals surface area contributed by atoms with Gasteiger partial charge in [-0.3, -0.25) is 4.79 Å². The van der Waals surface area contributed by atoms with Crippen molar-refractivity contribution in [2.75, 3.05) is 13.7 Å². The van der Waals surface area contributed by atoms with Gasteiger partial charge < -0.3 is 19.2 Å². The van der Waals surface area contributed by atoms with Gasteiger partial charge in [-0.05, 0) is 12.1 Å². The van der Waals surface area contributed by atoms with E-state index in [1.54, 1.807) is 6.07 Å². The van der Waals surface area contributed by atoms with Crippen molar-refractivity contribution in [1.29, 1.82) is 0 Å². The number of carboxylic acids is 1. The van der Waals surface area contributed by atoms with Crippen LogP contribution in [0.25, 0.3) is 0 Å². The summed E-state index contributed by atoms with van der Waals surface area (Å²) in [6.07, 6.45) is 3.39. The molecule has 1 N–H and O–H groups in total. The van der Waals surface area contributed by atoms with E-state index in [1.807, 2.05) is 0 Å². The second-order valence-electron chi connectivity index (χ2n) is 4.88. The molecule has 22 heavy (non-hydrogen) atoms. The second kappa shape index (κ2) is 5.51. The molecule has 2 aromatic rings. The van der Waals surface area contributed by atoms with E-state index in [1.165, 1.54) is 36.6 Å². The maximum Gasteiger partial charge on any atom is 0.331 e. The number of ether oxygens (including phenoxy) is 1. The average Bonchev–Trinajstić information content (AvgIpc) is 3.01. The van der Waals surface area contributed by atoms with Crippen molar-refractivity contribution >= 4 is 11.9 Å². The van der Waals surface area contributed by atoms with Crippen molar-refractivity contribution in [3.8, 4) is 5.88 Å². The number of aromatic nitrogens is 1. The van der Waals surface area contributed by atoms with E-state index in [4.69, 9.17) is 9.15 Å². The fourth-order valence-electron chi connectivity index (χ4n) is 2.62. The lowest BCUT2D eigenvalue weighted by atomic mass is 9.98. The third-order valence-corrected chi connectivity index (χ3v) is 3.65. The first-order chi connectivity index (χ1) is 10.6. The molecule has 1 unspecified atom stereocenters. The van der Waals surface area contributed by atoms with Crippen LogP contribution in [0, 0.1) is 0 Å². The number of hydrogen-bond acceptors (Lipinski definition) is 5.